The van der Waals surface area contributed by atoms with Gasteiger partial charge in [-0.3, -0.25) is 4.79 Å². The van der Waals surface area contributed by atoms with Gasteiger partial charge in [-0.15, -0.1) is 0 Å². The molecular formula is C19H28N2O2S. The van der Waals surface area contributed by atoms with E-state index in [-0.39, 0.29) is 10.7 Å². The molecule has 1 aliphatic heterocycles. The smallest absolute Gasteiger partial charge is 0.264 e. The van der Waals surface area contributed by atoms with Crippen LogP contribution in [0.25, 0.3) is 0 Å². The molecule has 0 saturated heterocycles. The molecule has 4 saturated carbocycles. The lowest BCUT2D eigenvalue weighted by Crippen LogP contribution is -2.38. The molecule has 5 rings (SSSR count). The summed E-state index contributed by atoms with van der Waals surface area (Å²) in [5.74, 6) is 2.49. The van der Waals surface area contributed by atoms with Gasteiger partial charge >= 0.3 is 0 Å². The molecule has 2 unspecified atom stereocenters. The molecule has 132 valence electrons. The Kier molecular flexibility index (Phi) is 4.50. The average Bonchev–Trinajstić information content (AvgIpc) is 2.90. The number of rotatable bonds is 4. The Morgan fingerprint density at radius 2 is 2.00 bits per heavy atom. The second-order valence-electron chi connectivity index (χ2n) is 8.01. The number of amides is 1. The summed E-state index contributed by atoms with van der Waals surface area (Å²) >= 11 is 1.67. The van der Waals surface area contributed by atoms with Crippen LogP contribution in [0.1, 0.15) is 51.4 Å². The molecule has 1 N–H and O–H groups in total. The summed E-state index contributed by atoms with van der Waals surface area (Å²) < 4.78 is 5.12. The topological polar surface area (TPSA) is 50.7 Å². The first-order chi connectivity index (χ1) is 11.6. The maximum Gasteiger partial charge on any atom is 0.264 e. The fraction of sp³-hybridized carbons (Fsp3) is 0.789. The van der Waals surface area contributed by atoms with Gasteiger partial charge in [0.15, 0.2) is 5.17 Å². The van der Waals surface area contributed by atoms with Crippen molar-refractivity contribution in [2.75, 3.05) is 13.7 Å². The number of carbonyl (C=O) groups excluding carboxylic acids is 1. The maximum absolute atomic E-state index is 12.4. The lowest BCUT2D eigenvalue weighted by atomic mass is 9.58. The number of thioether (sulfide) groups is 1. The third kappa shape index (κ3) is 2.94. The summed E-state index contributed by atoms with van der Waals surface area (Å²) in [4.78, 5) is 16.7. The summed E-state index contributed by atoms with van der Waals surface area (Å²) in [7, 11) is 1.76. The summed E-state index contributed by atoms with van der Waals surface area (Å²) in [6.45, 7) is 5.14. The van der Waals surface area contributed by atoms with Crippen LogP contribution >= 0.6 is 11.8 Å². The number of aliphatic imine (C=N–C) groups is 1. The van der Waals surface area contributed by atoms with E-state index in [9.17, 15) is 4.79 Å². The predicted octanol–water partition coefficient (Wildman–Crippen LogP) is 3.53. The number of carbonyl (C=O) groups is 1. The maximum atomic E-state index is 12.4. The molecule has 4 nitrogen and oxygen atoms in total. The zero-order valence-corrected chi connectivity index (χ0v) is 15.4. The molecule has 0 radical (unpaired) electrons. The molecule has 0 aromatic heterocycles. The fourth-order valence-corrected chi connectivity index (χ4v) is 6.21. The van der Waals surface area contributed by atoms with Crippen LogP contribution < -0.4 is 5.32 Å². The van der Waals surface area contributed by atoms with Gasteiger partial charge < -0.3 is 10.1 Å². The first-order valence-corrected chi connectivity index (χ1v) is 10.2. The zero-order valence-electron chi connectivity index (χ0n) is 14.6. The average molecular weight is 349 g/mol. The van der Waals surface area contributed by atoms with Crippen molar-refractivity contribution in [3.05, 3.63) is 12.2 Å². The van der Waals surface area contributed by atoms with Crippen molar-refractivity contribution in [2.45, 2.75) is 62.2 Å². The first kappa shape index (κ1) is 16.6. The van der Waals surface area contributed by atoms with E-state index in [1.54, 1.807) is 18.9 Å². The molecule has 2 bridgehead atoms. The number of nitrogens with zero attached hydrogens (tertiary/aromatic N) is 1. The number of ether oxygens (including phenoxy) is 1. The molecule has 5 heteroatoms. The number of allylic oxidation sites excluding steroid dienone is 1. The van der Waals surface area contributed by atoms with Crippen LogP contribution in [0.5, 0.6) is 0 Å². The fourth-order valence-electron chi connectivity index (χ4n) is 4.96. The molecule has 24 heavy (non-hydrogen) atoms. The summed E-state index contributed by atoms with van der Waals surface area (Å²) in [5.41, 5.74) is 1.51. The highest BCUT2D eigenvalue weighted by Gasteiger charge is 2.47. The van der Waals surface area contributed by atoms with Crippen LogP contribution in [0.3, 0.4) is 0 Å². The quantitative estimate of drug-likeness (QED) is 0.790. The number of nitrogens with one attached hydrogen (secondary N) is 1. The highest BCUT2D eigenvalue weighted by atomic mass is 32.2. The minimum atomic E-state index is -0.304. The van der Waals surface area contributed by atoms with Crippen LogP contribution in [0.2, 0.25) is 0 Å². The number of hydrogen-bond donors (Lipinski definition) is 1. The second kappa shape index (κ2) is 6.49. The SMILES string of the molecule is C=C1C2CC(CCNC3=NC(=O)C4(CCC(OC)CC4)S3)CC1C2. The van der Waals surface area contributed by atoms with E-state index in [0.717, 1.165) is 55.1 Å². The molecule has 0 aromatic rings. The highest BCUT2D eigenvalue weighted by Crippen LogP contribution is 2.52. The van der Waals surface area contributed by atoms with Crippen molar-refractivity contribution in [1.82, 2.24) is 5.32 Å². The van der Waals surface area contributed by atoms with Crippen molar-refractivity contribution in [3.8, 4) is 0 Å². The molecule has 5 aliphatic rings. The lowest BCUT2D eigenvalue weighted by Gasteiger charge is -2.47. The normalized spacial score (nSPS) is 41.3. The Bertz CT molecular complexity index is 552. The molecule has 4 aliphatic carbocycles. The van der Waals surface area contributed by atoms with E-state index in [4.69, 9.17) is 4.74 Å². The van der Waals surface area contributed by atoms with Gasteiger partial charge in [0.05, 0.1) is 6.10 Å². The van der Waals surface area contributed by atoms with E-state index in [1.165, 1.54) is 31.3 Å². The van der Waals surface area contributed by atoms with Crippen molar-refractivity contribution in [3.63, 3.8) is 0 Å². The summed E-state index contributed by atoms with van der Waals surface area (Å²) in [6, 6.07) is 0. The van der Waals surface area contributed by atoms with Gasteiger partial charge in [0, 0.05) is 13.7 Å². The van der Waals surface area contributed by atoms with Crippen molar-refractivity contribution < 1.29 is 9.53 Å². The largest absolute Gasteiger partial charge is 0.381 e. The number of hydrogen-bond acceptors (Lipinski definition) is 4. The number of fused-ring (bicyclic) bond motifs is 2. The Labute approximate surface area is 148 Å². The Balaban J connectivity index is 1.23. The van der Waals surface area contributed by atoms with Crippen LogP contribution in [-0.2, 0) is 9.53 Å². The molecular weight excluding hydrogens is 320 g/mol. The van der Waals surface area contributed by atoms with Gasteiger partial charge in [-0.2, -0.15) is 4.99 Å². The molecule has 2 atom stereocenters. The van der Waals surface area contributed by atoms with Crippen molar-refractivity contribution in [2.24, 2.45) is 22.7 Å². The molecule has 1 spiro atoms. The van der Waals surface area contributed by atoms with Crippen LogP contribution in [0, 0.1) is 17.8 Å². The van der Waals surface area contributed by atoms with Crippen molar-refractivity contribution in [1.29, 1.82) is 0 Å². The van der Waals surface area contributed by atoms with Gasteiger partial charge in [-0.25, -0.2) is 0 Å². The Hall–Kier alpha value is -0.810. The van der Waals surface area contributed by atoms with Gasteiger partial charge in [0.25, 0.3) is 5.91 Å². The second-order valence-corrected chi connectivity index (χ2v) is 9.38. The molecule has 0 aromatic carbocycles. The van der Waals surface area contributed by atoms with E-state index >= 15 is 0 Å². The van der Waals surface area contributed by atoms with Crippen LogP contribution in [0.15, 0.2) is 17.1 Å². The predicted molar refractivity (Wildman–Crippen MR) is 98.1 cm³/mol. The zero-order chi connectivity index (χ0) is 16.7. The third-order valence-electron chi connectivity index (χ3n) is 6.64. The van der Waals surface area contributed by atoms with E-state index in [1.807, 2.05) is 0 Å². The third-order valence-corrected chi connectivity index (χ3v) is 8.04. The lowest BCUT2D eigenvalue weighted by molar-refractivity contribution is -0.121. The monoisotopic (exact) mass is 348 g/mol. The van der Waals surface area contributed by atoms with E-state index in [0.29, 0.717) is 6.10 Å². The van der Waals surface area contributed by atoms with Gasteiger partial charge in [-0.1, -0.05) is 23.9 Å². The minimum absolute atomic E-state index is 0.0692. The van der Waals surface area contributed by atoms with Crippen LogP contribution in [0.4, 0.5) is 0 Å². The molecule has 4 fully saturated rings. The summed E-state index contributed by atoms with van der Waals surface area (Å²) in [6.07, 6.45) is 9.22. The van der Waals surface area contributed by atoms with Gasteiger partial charge in [0.2, 0.25) is 0 Å². The number of amidine groups is 1. The Morgan fingerprint density at radius 1 is 1.29 bits per heavy atom. The first-order valence-electron chi connectivity index (χ1n) is 9.37. The Morgan fingerprint density at radius 3 is 2.62 bits per heavy atom. The minimum Gasteiger partial charge on any atom is -0.381 e. The number of methoxy groups -OCH3 is 1. The van der Waals surface area contributed by atoms with E-state index < -0.39 is 0 Å². The van der Waals surface area contributed by atoms with E-state index in [2.05, 4.69) is 16.9 Å². The molecule has 1 heterocycles. The standard InChI is InChI=1S/C19H28N2O2S/c1-12-14-9-13(10-15(12)11-14)5-8-20-18-21-17(22)19(24-18)6-3-16(23-2)4-7-19/h13-16H,1,3-11H2,2H3,(H,20,21,22). The van der Waals surface area contributed by atoms with Crippen molar-refractivity contribution >= 4 is 22.8 Å². The summed E-state index contributed by atoms with van der Waals surface area (Å²) in [5, 5.41) is 4.28. The highest BCUT2D eigenvalue weighted by molar-refractivity contribution is 8.16. The van der Waals surface area contributed by atoms with Crippen LogP contribution in [-0.4, -0.2) is 35.6 Å². The van der Waals surface area contributed by atoms with Gasteiger partial charge in [-0.05, 0) is 69.1 Å². The molecule has 1 amide bonds. The van der Waals surface area contributed by atoms with Gasteiger partial charge in [0.1, 0.15) is 4.75 Å².